The van der Waals surface area contributed by atoms with Crippen LogP contribution in [0.3, 0.4) is 0 Å². The summed E-state index contributed by atoms with van der Waals surface area (Å²) >= 11 is 0. The maximum atomic E-state index is 3.94. The van der Waals surface area contributed by atoms with E-state index in [0.717, 1.165) is 13.0 Å². The molecule has 1 N–H and O–H groups in total. The molecule has 0 fully saturated rings. The average Bonchev–Trinajstić information content (AvgIpc) is 2.35. The lowest BCUT2D eigenvalue weighted by Crippen LogP contribution is -2.12. The molecule has 0 saturated carbocycles. The molecule has 0 amide bonds. The van der Waals surface area contributed by atoms with Gasteiger partial charge in [-0.05, 0) is 12.8 Å². The minimum atomic E-state index is 1.05. The van der Waals surface area contributed by atoms with E-state index in [0.29, 0.717) is 0 Å². The molecule has 1 nitrogen and oxygen atoms in total. The van der Waals surface area contributed by atoms with Gasteiger partial charge in [0.25, 0.3) is 0 Å². The van der Waals surface area contributed by atoms with Crippen LogP contribution in [0.25, 0.3) is 0 Å². The third-order valence-electron chi connectivity index (χ3n) is 3.33. The molecule has 0 radical (unpaired) electrons. The highest BCUT2D eigenvalue weighted by Crippen LogP contribution is 2.10. The van der Waals surface area contributed by atoms with Crippen LogP contribution in [0.1, 0.15) is 84.5 Å². The summed E-state index contributed by atoms with van der Waals surface area (Å²) in [5, 5.41) is 3.36. The summed E-state index contributed by atoms with van der Waals surface area (Å²) in [5.41, 5.74) is 1.18. The molecule has 0 aliphatic carbocycles. The van der Waals surface area contributed by atoms with Crippen molar-refractivity contribution in [3.05, 3.63) is 12.3 Å². The summed E-state index contributed by atoms with van der Waals surface area (Å²) in [4.78, 5) is 0. The summed E-state index contributed by atoms with van der Waals surface area (Å²) in [5.74, 6) is 0. The van der Waals surface area contributed by atoms with Crippen LogP contribution >= 0.6 is 0 Å². The Morgan fingerprint density at radius 2 is 1.24 bits per heavy atom. The normalized spacial score (nSPS) is 10.5. The summed E-state index contributed by atoms with van der Waals surface area (Å²) in [6.45, 7) is 9.48. The molecule has 17 heavy (non-hydrogen) atoms. The second kappa shape index (κ2) is 13.6. The molecule has 0 aliphatic heterocycles. The van der Waals surface area contributed by atoms with Crippen molar-refractivity contribution >= 4 is 0 Å². The molecule has 0 unspecified atom stereocenters. The van der Waals surface area contributed by atoms with Crippen LogP contribution in [0.4, 0.5) is 0 Å². The Kier molecular flexibility index (Phi) is 13.2. The monoisotopic (exact) mass is 239 g/mol. The largest absolute Gasteiger partial charge is 0.389 e. The Morgan fingerprint density at radius 3 is 1.71 bits per heavy atom. The van der Waals surface area contributed by atoms with Crippen molar-refractivity contribution in [1.29, 1.82) is 0 Å². The maximum Gasteiger partial charge on any atom is 0.0143 e. The second-order valence-corrected chi connectivity index (χ2v) is 5.07. The first-order valence-corrected chi connectivity index (χ1v) is 7.72. The number of hydrogen-bond donors (Lipinski definition) is 1. The standard InChI is InChI=1S/C16H33N/c1-4-6-7-8-9-10-11-12-13-14-15-17-16(3)5-2/h17H,3-15H2,1-2H3. The zero-order valence-corrected chi connectivity index (χ0v) is 12.2. The highest BCUT2D eigenvalue weighted by molar-refractivity contribution is 4.88. The summed E-state index contributed by atoms with van der Waals surface area (Å²) in [6.07, 6.45) is 15.1. The summed E-state index contributed by atoms with van der Waals surface area (Å²) < 4.78 is 0. The lowest BCUT2D eigenvalue weighted by Gasteiger charge is -2.06. The Hall–Kier alpha value is -0.460. The van der Waals surface area contributed by atoms with Crippen molar-refractivity contribution in [1.82, 2.24) is 5.32 Å². The van der Waals surface area contributed by atoms with E-state index in [1.54, 1.807) is 0 Å². The summed E-state index contributed by atoms with van der Waals surface area (Å²) in [6, 6.07) is 0. The molecule has 0 aromatic heterocycles. The van der Waals surface area contributed by atoms with Crippen LogP contribution in [0, 0.1) is 0 Å². The molecule has 0 bridgehead atoms. The lowest BCUT2D eigenvalue weighted by atomic mass is 10.1. The van der Waals surface area contributed by atoms with E-state index >= 15 is 0 Å². The van der Waals surface area contributed by atoms with Crippen LogP contribution < -0.4 is 5.32 Å². The Labute approximate surface area is 109 Å². The number of rotatable bonds is 13. The lowest BCUT2D eigenvalue weighted by molar-refractivity contribution is 0.551. The molecule has 0 spiro atoms. The van der Waals surface area contributed by atoms with Gasteiger partial charge in [-0.15, -0.1) is 0 Å². The average molecular weight is 239 g/mol. The predicted octanol–water partition coefficient (Wildman–Crippen LogP) is 5.42. The smallest absolute Gasteiger partial charge is 0.0143 e. The van der Waals surface area contributed by atoms with Crippen LogP contribution in [-0.4, -0.2) is 6.54 Å². The number of hydrogen-bond acceptors (Lipinski definition) is 1. The van der Waals surface area contributed by atoms with E-state index in [4.69, 9.17) is 0 Å². The van der Waals surface area contributed by atoms with E-state index in [9.17, 15) is 0 Å². The third kappa shape index (κ3) is 13.5. The van der Waals surface area contributed by atoms with Gasteiger partial charge < -0.3 is 5.32 Å². The SMILES string of the molecule is C=C(CC)NCCCCCCCCCCCC. The second-order valence-electron chi connectivity index (χ2n) is 5.07. The van der Waals surface area contributed by atoms with Crippen molar-refractivity contribution < 1.29 is 0 Å². The van der Waals surface area contributed by atoms with Gasteiger partial charge in [-0.3, -0.25) is 0 Å². The minimum Gasteiger partial charge on any atom is -0.389 e. The van der Waals surface area contributed by atoms with Crippen LogP contribution in [0.5, 0.6) is 0 Å². The Morgan fingerprint density at radius 1 is 0.765 bits per heavy atom. The zero-order valence-electron chi connectivity index (χ0n) is 12.2. The van der Waals surface area contributed by atoms with Gasteiger partial charge in [0.05, 0.1) is 0 Å². The number of unbranched alkanes of at least 4 members (excludes halogenated alkanes) is 9. The number of nitrogens with one attached hydrogen (secondary N) is 1. The molecular formula is C16H33N. The first kappa shape index (κ1) is 16.5. The molecule has 0 saturated heterocycles. The van der Waals surface area contributed by atoms with Gasteiger partial charge in [-0.25, -0.2) is 0 Å². The molecule has 0 aromatic carbocycles. The quantitative estimate of drug-likeness (QED) is 0.423. The fourth-order valence-electron chi connectivity index (χ4n) is 2.00. The van der Waals surface area contributed by atoms with Gasteiger partial charge in [-0.2, -0.15) is 0 Å². The first-order valence-electron chi connectivity index (χ1n) is 7.72. The number of allylic oxidation sites excluding steroid dienone is 1. The molecular weight excluding hydrogens is 206 g/mol. The highest BCUT2D eigenvalue weighted by Gasteiger charge is 1.93. The van der Waals surface area contributed by atoms with Gasteiger partial charge in [-0.1, -0.05) is 78.2 Å². The first-order chi connectivity index (χ1) is 8.31. The van der Waals surface area contributed by atoms with Crippen molar-refractivity contribution in [2.45, 2.75) is 84.5 Å². The summed E-state index contributed by atoms with van der Waals surface area (Å²) in [7, 11) is 0. The van der Waals surface area contributed by atoms with Crippen LogP contribution in [-0.2, 0) is 0 Å². The molecule has 1 heteroatoms. The van der Waals surface area contributed by atoms with Crippen molar-refractivity contribution in [3.63, 3.8) is 0 Å². The van der Waals surface area contributed by atoms with Crippen molar-refractivity contribution in [3.8, 4) is 0 Å². The van der Waals surface area contributed by atoms with E-state index in [2.05, 4.69) is 25.7 Å². The van der Waals surface area contributed by atoms with Crippen molar-refractivity contribution in [2.75, 3.05) is 6.54 Å². The molecule has 0 heterocycles. The van der Waals surface area contributed by atoms with E-state index < -0.39 is 0 Å². The minimum absolute atomic E-state index is 1.05. The van der Waals surface area contributed by atoms with E-state index in [-0.39, 0.29) is 0 Å². The highest BCUT2D eigenvalue weighted by atomic mass is 14.9. The van der Waals surface area contributed by atoms with Gasteiger partial charge in [0.1, 0.15) is 0 Å². The van der Waals surface area contributed by atoms with Crippen LogP contribution in [0.15, 0.2) is 12.3 Å². The van der Waals surface area contributed by atoms with Gasteiger partial charge in [0.2, 0.25) is 0 Å². The van der Waals surface area contributed by atoms with E-state index in [1.165, 1.54) is 69.9 Å². The fraction of sp³-hybridized carbons (Fsp3) is 0.875. The van der Waals surface area contributed by atoms with E-state index in [1.807, 2.05) is 0 Å². The fourth-order valence-corrected chi connectivity index (χ4v) is 2.00. The molecule has 0 aliphatic rings. The predicted molar refractivity (Wildman–Crippen MR) is 79.3 cm³/mol. The zero-order chi connectivity index (χ0) is 12.8. The molecule has 0 aromatic rings. The third-order valence-corrected chi connectivity index (χ3v) is 3.33. The van der Waals surface area contributed by atoms with Gasteiger partial charge >= 0.3 is 0 Å². The van der Waals surface area contributed by atoms with Gasteiger partial charge in [0, 0.05) is 12.2 Å². The molecule has 0 rings (SSSR count). The topological polar surface area (TPSA) is 12.0 Å². The molecule has 0 atom stereocenters. The Balaban J connectivity index is 2.96. The van der Waals surface area contributed by atoms with Crippen molar-refractivity contribution in [2.24, 2.45) is 0 Å². The maximum absolute atomic E-state index is 3.94. The van der Waals surface area contributed by atoms with Gasteiger partial charge in [0.15, 0.2) is 0 Å². The van der Waals surface area contributed by atoms with Crippen LogP contribution in [0.2, 0.25) is 0 Å². The molecule has 102 valence electrons. The Bertz CT molecular complexity index is 163.